The van der Waals surface area contributed by atoms with Crippen molar-refractivity contribution in [1.29, 1.82) is 0 Å². The van der Waals surface area contributed by atoms with Gasteiger partial charge in [0.05, 0.1) is 5.70 Å². The lowest BCUT2D eigenvalue weighted by Crippen LogP contribution is -2.27. The second-order valence-electron chi connectivity index (χ2n) is 4.97. The number of amides is 2. The van der Waals surface area contributed by atoms with E-state index in [2.05, 4.69) is 6.58 Å². The van der Waals surface area contributed by atoms with E-state index >= 15 is 0 Å². The number of hydroxylamine groups is 2. The molecular weight excluding hydrogens is 260 g/mol. The summed E-state index contributed by atoms with van der Waals surface area (Å²) in [6.07, 6.45) is 3.52. The van der Waals surface area contributed by atoms with E-state index in [9.17, 15) is 14.4 Å². The minimum Gasteiger partial charge on any atom is -0.346 e. The molecule has 6 heteroatoms. The van der Waals surface area contributed by atoms with E-state index in [1.807, 2.05) is 0 Å². The molecule has 6 nitrogen and oxygen atoms in total. The van der Waals surface area contributed by atoms with Crippen molar-refractivity contribution in [1.82, 2.24) is 9.96 Å². The van der Waals surface area contributed by atoms with Crippen molar-refractivity contribution in [3.05, 3.63) is 12.3 Å². The first kappa shape index (κ1) is 16.2. The Kier molecular flexibility index (Phi) is 6.21. The van der Waals surface area contributed by atoms with Crippen LogP contribution >= 0.6 is 0 Å². The number of carbonyl (C=O) groups excluding carboxylic acids is 3. The van der Waals surface area contributed by atoms with E-state index in [-0.39, 0.29) is 18.2 Å². The molecule has 0 bridgehead atoms. The average Bonchev–Trinajstić information content (AvgIpc) is 2.69. The van der Waals surface area contributed by atoms with Crippen molar-refractivity contribution in [2.45, 2.75) is 45.4 Å². The second-order valence-corrected chi connectivity index (χ2v) is 4.97. The molecule has 1 saturated heterocycles. The predicted molar refractivity (Wildman–Crippen MR) is 73.1 cm³/mol. The summed E-state index contributed by atoms with van der Waals surface area (Å²) in [4.78, 5) is 40.6. The first-order chi connectivity index (χ1) is 9.41. The number of rotatable bonds is 7. The fraction of sp³-hybridized carbons (Fsp3) is 0.643. The molecule has 1 aliphatic rings. The Morgan fingerprint density at radius 2 is 2.00 bits per heavy atom. The number of nitrogens with zero attached hydrogens (tertiary/aromatic N) is 2. The maximum absolute atomic E-state index is 11.6. The summed E-state index contributed by atoms with van der Waals surface area (Å²) in [5.41, 5.74) is 0.534. The smallest absolute Gasteiger partial charge is 0.333 e. The molecule has 0 saturated carbocycles. The summed E-state index contributed by atoms with van der Waals surface area (Å²) in [6, 6.07) is 0. The largest absolute Gasteiger partial charge is 0.346 e. The Hall–Kier alpha value is -1.85. The molecule has 0 N–H and O–H groups in total. The Bertz CT molecular complexity index is 390. The summed E-state index contributed by atoms with van der Waals surface area (Å²) in [5, 5.41) is 1.01. The molecule has 1 aliphatic heterocycles. The Labute approximate surface area is 119 Å². The highest BCUT2D eigenvalue weighted by atomic mass is 16.7. The van der Waals surface area contributed by atoms with Crippen molar-refractivity contribution < 1.29 is 19.2 Å². The van der Waals surface area contributed by atoms with E-state index in [0.29, 0.717) is 31.5 Å². The molecule has 0 aromatic rings. The Morgan fingerprint density at radius 1 is 1.30 bits per heavy atom. The summed E-state index contributed by atoms with van der Waals surface area (Å²) in [7, 11) is 1.75. The van der Waals surface area contributed by atoms with Gasteiger partial charge in [0.2, 0.25) is 5.91 Å². The molecule has 1 rings (SSSR count). The molecule has 1 heterocycles. The lowest BCUT2D eigenvalue weighted by atomic mass is 10.2. The summed E-state index contributed by atoms with van der Waals surface area (Å²) >= 11 is 0. The van der Waals surface area contributed by atoms with Crippen molar-refractivity contribution in [3.63, 3.8) is 0 Å². The molecule has 0 aromatic heterocycles. The van der Waals surface area contributed by atoms with Crippen molar-refractivity contribution >= 4 is 17.8 Å². The fourth-order valence-electron chi connectivity index (χ4n) is 1.85. The van der Waals surface area contributed by atoms with Gasteiger partial charge in [-0.25, -0.2) is 4.79 Å². The van der Waals surface area contributed by atoms with Crippen LogP contribution in [-0.2, 0) is 19.2 Å². The fourth-order valence-corrected chi connectivity index (χ4v) is 1.85. The van der Waals surface area contributed by atoms with Crippen LogP contribution in [-0.4, -0.2) is 41.3 Å². The molecule has 0 unspecified atom stereocenters. The normalized spacial score (nSPS) is 14.6. The van der Waals surface area contributed by atoms with Gasteiger partial charge in [-0.15, -0.1) is 5.06 Å². The van der Waals surface area contributed by atoms with Gasteiger partial charge in [0.15, 0.2) is 0 Å². The highest BCUT2D eigenvalue weighted by Gasteiger charge is 2.27. The standard InChI is InChI=1S/C14H22N2O4/c1-11-8-9-13(18)16(11)20-14(19)7-5-4-6-10-15(3)12(2)17/h1,4-10H2,2-3H3. The summed E-state index contributed by atoms with van der Waals surface area (Å²) in [6.45, 7) is 5.89. The van der Waals surface area contributed by atoms with Crippen molar-refractivity contribution in [2.24, 2.45) is 0 Å². The highest BCUT2D eigenvalue weighted by molar-refractivity contribution is 5.82. The monoisotopic (exact) mass is 282 g/mol. The topological polar surface area (TPSA) is 66.9 Å². The zero-order valence-corrected chi connectivity index (χ0v) is 12.2. The SMILES string of the molecule is C=C1CCC(=O)N1OC(=O)CCCCCN(C)C(C)=O. The third kappa shape index (κ3) is 5.03. The Morgan fingerprint density at radius 3 is 2.55 bits per heavy atom. The first-order valence-corrected chi connectivity index (χ1v) is 6.85. The zero-order chi connectivity index (χ0) is 15.1. The molecular formula is C14H22N2O4. The quantitative estimate of drug-likeness (QED) is 0.665. The van der Waals surface area contributed by atoms with Gasteiger partial charge in [0.1, 0.15) is 0 Å². The molecule has 0 radical (unpaired) electrons. The number of carbonyl (C=O) groups is 3. The minimum atomic E-state index is -0.415. The van der Waals surface area contributed by atoms with Crippen LogP contribution in [0.25, 0.3) is 0 Å². The van der Waals surface area contributed by atoms with Crippen LogP contribution in [0.3, 0.4) is 0 Å². The van der Waals surface area contributed by atoms with Gasteiger partial charge in [0, 0.05) is 33.4 Å². The number of allylic oxidation sites excluding steroid dienone is 1. The van der Waals surface area contributed by atoms with E-state index in [4.69, 9.17) is 4.84 Å². The van der Waals surface area contributed by atoms with Crippen molar-refractivity contribution in [3.8, 4) is 0 Å². The first-order valence-electron chi connectivity index (χ1n) is 6.85. The van der Waals surface area contributed by atoms with Gasteiger partial charge in [-0.1, -0.05) is 13.0 Å². The lowest BCUT2D eigenvalue weighted by molar-refractivity contribution is -0.186. The second kappa shape index (κ2) is 7.67. The molecule has 2 amide bonds. The maximum atomic E-state index is 11.6. The molecule has 20 heavy (non-hydrogen) atoms. The number of hydrogen-bond acceptors (Lipinski definition) is 4. The minimum absolute atomic E-state index is 0.0375. The van der Waals surface area contributed by atoms with Crippen LogP contribution in [0.1, 0.15) is 45.4 Å². The molecule has 0 atom stereocenters. The van der Waals surface area contributed by atoms with Gasteiger partial charge in [-0.2, -0.15) is 0 Å². The number of hydrogen-bond donors (Lipinski definition) is 0. The zero-order valence-electron chi connectivity index (χ0n) is 12.2. The van der Waals surface area contributed by atoms with Crippen LogP contribution in [0.4, 0.5) is 0 Å². The van der Waals surface area contributed by atoms with Crippen LogP contribution in [0, 0.1) is 0 Å². The maximum Gasteiger partial charge on any atom is 0.333 e. The van der Waals surface area contributed by atoms with E-state index < -0.39 is 5.97 Å². The number of unbranched alkanes of at least 4 members (excludes halogenated alkanes) is 2. The summed E-state index contributed by atoms with van der Waals surface area (Å²) in [5.74, 6) is -0.594. The highest BCUT2D eigenvalue weighted by Crippen LogP contribution is 2.21. The van der Waals surface area contributed by atoms with Crippen LogP contribution < -0.4 is 0 Å². The molecule has 112 valence electrons. The van der Waals surface area contributed by atoms with Crippen LogP contribution in [0.5, 0.6) is 0 Å². The lowest BCUT2D eigenvalue weighted by Gasteiger charge is -2.16. The molecule has 0 aliphatic carbocycles. The van der Waals surface area contributed by atoms with E-state index in [0.717, 1.165) is 17.9 Å². The third-order valence-electron chi connectivity index (χ3n) is 3.25. The van der Waals surface area contributed by atoms with Crippen molar-refractivity contribution in [2.75, 3.05) is 13.6 Å². The molecule has 0 spiro atoms. The van der Waals surface area contributed by atoms with Gasteiger partial charge < -0.3 is 9.74 Å². The average molecular weight is 282 g/mol. The predicted octanol–water partition coefficient (Wildman–Crippen LogP) is 1.62. The van der Waals surface area contributed by atoms with E-state index in [1.165, 1.54) is 6.92 Å². The van der Waals surface area contributed by atoms with Gasteiger partial charge in [0.25, 0.3) is 5.91 Å². The van der Waals surface area contributed by atoms with Gasteiger partial charge in [-0.05, 0) is 19.3 Å². The summed E-state index contributed by atoms with van der Waals surface area (Å²) < 4.78 is 0. The van der Waals surface area contributed by atoms with Gasteiger partial charge in [-0.3, -0.25) is 9.59 Å². The Balaban J connectivity index is 2.13. The van der Waals surface area contributed by atoms with E-state index in [1.54, 1.807) is 11.9 Å². The van der Waals surface area contributed by atoms with Crippen LogP contribution in [0.15, 0.2) is 12.3 Å². The third-order valence-corrected chi connectivity index (χ3v) is 3.25. The van der Waals surface area contributed by atoms with Crippen LogP contribution in [0.2, 0.25) is 0 Å². The van der Waals surface area contributed by atoms with Gasteiger partial charge >= 0.3 is 5.97 Å². The molecule has 1 fully saturated rings. The molecule has 0 aromatic carbocycles.